The number of likely N-dealkylation sites (tertiary alicyclic amines) is 1. The number of carbonyl (C=O) groups is 1. The second-order valence-electron chi connectivity index (χ2n) is 8.72. The Bertz CT molecular complexity index is 609. The Morgan fingerprint density at radius 2 is 1.96 bits per heavy atom. The van der Waals surface area contributed by atoms with Crippen molar-refractivity contribution in [1.29, 1.82) is 0 Å². The van der Waals surface area contributed by atoms with Crippen molar-refractivity contribution in [3.05, 3.63) is 17.5 Å². The highest BCUT2D eigenvalue weighted by Crippen LogP contribution is 2.42. The van der Waals surface area contributed by atoms with Crippen LogP contribution >= 0.6 is 0 Å². The molecule has 2 heterocycles. The Labute approximate surface area is 146 Å². The van der Waals surface area contributed by atoms with Gasteiger partial charge in [0.1, 0.15) is 0 Å². The van der Waals surface area contributed by atoms with Crippen LogP contribution in [0.25, 0.3) is 0 Å². The molecule has 2 fully saturated rings. The summed E-state index contributed by atoms with van der Waals surface area (Å²) in [5.41, 5.74) is 1.78. The number of likely N-dealkylation sites (N-methyl/N-ethyl adjacent to an activating group) is 1. The van der Waals surface area contributed by atoms with Crippen LogP contribution in [0.5, 0.6) is 0 Å². The number of hydrogen-bond donors (Lipinski definition) is 0. The lowest BCUT2D eigenvalue weighted by Crippen LogP contribution is -2.36. The third-order valence-electron chi connectivity index (χ3n) is 5.47. The minimum atomic E-state index is -0.0837. The van der Waals surface area contributed by atoms with E-state index in [-0.39, 0.29) is 11.4 Å². The van der Waals surface area contributed by atoms with Gasteiger partial charge >= 0.3 is 0 Å². The molecular formula is C19H32N4O. The molecule has 0 spiro atoms. The fourth-order valence-corrected chi connectivity index (χ4v) is 3.88. The zero-order valence-electron chi connectivity index (χ0n) is 16.0. The molecule has 1 aliphatic carbocycles. The highest BCUT2D eigenvalue weighted by Gasteiger charge is 2.38. The van der Waals surface area contributed by atoms with Gasteiger partial charge in [-0.05, 0) is 59.7 Å². The standard InChI is InChI=1S/C19H32N4O/c1-7-13-11-22(12-17(13)21(5)6)18(24)15-10-16(14-8-9-14)23(20-15)19(2,3)4/h10,13-14,17H,7-9,11-12H2,1-6H3. The number of hydrogen-bond acceptors (Lipinski definition) is 3. The van der Waals surface area contributed by atoms with E-state index < -0.39 is 0 Å². The number of aromatic nitrogens is 2. The third-order valence-corrected chi connectivity index (χ3v) is 5.47. The van der Waals surface area contributed by atoms with Gasteiger partial charge in [-0.15, -0.1) is 0 Å². The lowest BCUT2D eigenvalue weighted by molar-refractivity contribution is 0.0773. The van der Waals surface area contributed by atoms with E-state index in [0.717, 1.165) is 19.5 Å². The molecule has 1 aliphatic heterocycles. The van der Waals surface area contributed by atoms with E-state index in [9.17, 15) is 4.79 Å². The summed E-state index contributed by atoms with van der Waals surface area (Å²) in [6, 6.07) is 2.50. The largest absolute Gasteiger partial charge is 0.335 e. The Morgan fingerprint density at radius 1 is 1.29 bits per heavy atom. The number of nitrogens with zero attached hydrogens (tertiary/aromatic N) is 4. The van der Waals surface area contributed by atoms with E-state index >= 15 is 0 Å². The Morgan fingerprint density at radius 3 is 2.42 bits per heavy atom. The van der Waals surface area contributed by atoms with Gasteiger partial charge in [-0.1, -0.05) is 13.3 Å². The van der Waals surface area contributed by atoms with Gasteiger partial charge in [0.25, 0.3) is 5.91 Å². The molecule has 2 atom stereocenters. The van der Waals surface area contributed by atoms with Crippen LogP contribution in [-0.2, 0) is 5.54 Å². The maximum absolute atomic E-state index is 13.0. The molecule has 1 amide bonds. The normalized spacial score (nSPS) is 24.9. The van der Waals surface area contributed by atoms with Crippen molar-refractivity contribution in [3.8, 4) is 0 Å². The SMILES string of the molecule is CCC1CN(C(=O)c2cc(C3CC3)n(C(C)(C)C)n2)CC1N(C)C. The quantitative estimate of drug-likeness (QED) is 0.851. The third kappa shape index (κ3) is 3.23. The van der Waals surface area contributed by atoms with E-state index in [4.69, 9.17) is 5.10 Å². The molecule has 5 heteroatoms. The minimum absolute atomic E-state index is 0.0837. The van der Waals surface area contributed by atoms with Crippen LogP contribution in [0.1, 0.15) is 69.1 Å². The lowest BCUT2D eigenvalue weighted by Gasteiger charge is -2.23. The first-order valence-electron chi connectivity index (χ1n) is 9.28. The summed E-state index contributed by atoms with van der Waals surface area (Å²) in [6.45, 7) is 10.3. The lowest BCUT2D eigenvalue weighted by atomic mass is 10.0. The predicted molar refractivity (Wildman–Crippen MR) is 96.4 cm³/mol. The van der Waals surface area contributed by atoms with E-state index in [1.54, 1.807) is 0 Å². The first-order chi connectivity index (χ1) is 11.2. The molecule has 0 N–H and O–H groups in total. The first kappa shape index (κ1) is 17.5. The maximum atomic E-state index is 13.0. The van der Waals surface area contributed by atoms with Crippen LogP contribution in [0.2, 0.25) is 0 Å². The summed E-state index contributed by atoms with van der Waals surface area (Å²) in [5.74, 6) is 1.24. The van der Waals surface area contributed by atoms with E-state index in [0.29, 0.717) is 23.6 Å². The average molecular weight is 332 g/mol. The molecule has 0 aromatic carbocycles. The molecular weight excluding hydrogens is 300 g/mol. The van der Waals surface area contributed by atoms with E-state index in [1.165, 1.54) is 18.5 Å². The molecule has 5 nitrogen and oxygen atoms in total. The first-order valence-corrected chi connectivity index (χ1v) is 9.28. The monoisotopic (exact) mass is 332 g/mol. The van der Waals surface area contributed by atoms with Crippen molar-refractivity contribution in [2.45, 2.75) is 64.5 Å². The molecule has 24 heavy (non-hydrogen) atoms. The summed E-state index contributed by atoms with van der Waals surface area (Å²) in [6.07, 6.45) is 3.55. The number of amides is 1. The van der Waals surface area contributed by atoms with Crippen molar-refractivity contribution in [2.24, 2.45) is 5.92 Å². The van der Waals surface area contributed by atoms with Crippen molar-refractivity contribution < 1.29 is 4.79 Å². The zero-order valence-corrected chi connectivity index (χ0v) is 16.0. The van der Waals surface area contributed by atoms with Crippen molar-refractivity contribution in [2.75, 3.05) is 27.2 Å². The molecule has 3 rings (SSSR count). The fourth-order valence-electron chi connectivity index (χ4n) is 3.88. The molecule has 134 valence electrons. The maximum Gasteiger partial charge on any atom is 0.274 e. The fraction of sp³-hybridized carbons (Fsp3) is 0.789. The number of rotatable bonds is 4. The van der Waals surface area contributed by atoms with Crippen LogP contribution in [0.3, 0.4) is 0 Å². The van der Waals surface area contributed by atoms with Crippen LogP contribution in [0.15, 0.2) is 6.07 Å². The van der Waals surface area contributed by atoms with Crippen molar-refractivity contribution in [3.63, 3.8) is 0 Å². The molecule has 1 aromatic rings. The van der Waals surface area contributed by atoms with Gasteiger partial charge in [0, 0.05) is 30.7 Å². The molecule has 1 saturated carbocycles. The topological polar surface area (TPSA) is 41.4 Å². The zero-order chi connectivity index (χ0) is 17.6. The van der Waals surface area contributed by atoms with Crippen LogP contribution in [-0.4, -0.2) is 58.7 Å². The van der Waals surface area contributed by atoms with E-state index in [2.05, 4.69) is 57.4 Å². The summed E-state index contributed by atoms with van der Waals surface area (Å²) in [5, 5.41) is 4.72. The van der Waals surface area contributed by atoms with Crippen molar-refractivity contribution >= 4 is 5.91 Å². The van der Waals surface area contributed by atoms with Gasteiger partial charge in [0.2, 0.25) is 0 Å². The van der Waals surface area contributed by atoms with E-state index in [1.807, 2.05) is 4.90 Å². The molecule has 0 bridgehead atoms. The summed E-state index contributed by atoms with van der Waals surface area (Å²) in [4.78, 5) is 17.3. The summed E-state index contributed by atoms with van der Waals surface area (Å²) in [7, 11) is 4.22. The van der Waals surface area contributed by atoms with Gasteiger partial charge in [-0.2, -0.15) is 5.10 Å². The number of carbonyl (C=O) groups excluding carboxylic acids is 1. The summed E-state index contributed by atoms with van der Waals surface area (Å²) >= 11 is 0. The van der Waals surface area contributed by atoms with Gasteiger partial charge in [-0.25, -0.2) is 0 Å². The minimum Gasteiger partial charge on any atom is -0.335 e. The van der Waals surface area contributed by atoms with Gasteiger partial charge in [0.05, 0.1) is 5.54 Å². The molecule has 2 aliphatic rings. The molecule has 0 radical (unpaired) electrons. The van der Waals surface area contributed by atoms with Crippen LogP contribution < -0.4 is 0 Å². The molecule has 1 aromatic heterocycles. The Kier molecular flexibility index (Phi) is 4.49. The second-order valence-corrected chi connectivity index (χ2v) is 8.72. The molecule has 1 saturated heterocycles. The van der Waals surface area contributed by atoms with Gasteiger partial charge < -0.3 is 9.80 Å². The highest BCUT2D eigenvalue weighted by molar-refractivity contribution is 5.92. The van der Waals surface area contributed by atoms with Gasteiger partial charge in [0.15, 0.2) is 5.69 Å². The predicted octanol–water partition coefficient (Wildman–Crippen LogP) is 2.93. The van der Waals surface area contributed by atoms with Crippen LogP contribution in [0.4, 0.5) is 0 Å². The smallest absolute Gasteiger partial charge is 0.274 e. The van der Waals surface area contributed by atoms with Crippen LogP contribution in [0, 0.1) is 5.92 Å². The summed E-state index contributed by atoms with van der Waals surface area (Å²) < 4.78 is 2.08. The second kappa shape index (κ2) is 6.17. The van der Waals surface area contributed by atoms with Gasteiger partial charge in [-0.3, -0.25) is 9.48 Å². The average Bonchev–Trinajstić information content (AvgIpc) is 3.10. The highest BCUT2D eigenvalue weighted by atomic mass is 16.2. The Balaban J connectivity index is 1.83. The Hall–Kier alpha value is -1.36. The van der Waals surface area contributed by atoms with Crippen molar-refractivity contribution in [1.82, 2.24) is 19.6 Å². The molecule has 2 unspecified atom stereocenters.